The van der Waals surface area contributed by atoms with Crippen LogP contribution in [0.2, 0.25) is 0 Å². The fraction of sp³-hybridized carbons (Fsp3) is 0.467. The molecule has 1 aromatic rings. The van der Waals surface area contributed by atoms with E-state index in [0.717, 1.165) is 11.3 Å². The molecule has 1 atom stereocenters. The lowest BCUT2D eigenvalue weighted by Gasteiger charge is -2.14. The molecule has 0 bridgehead atoms. The molecule has 5 heteroatoms. The van der Waals surface area contributed by atoms with Crippen molar-refractivity contribution in [1.82, 2.24) is 0 Å². The number of anilines is 1. The van der Waals surface area contributed by atoms with Crippen LogP contribution in [0.15, 0.2) is 24.3 Å². The Morgan fingerprint density at radius 3 is 2.50 bits per heavy atom. The zero-order valence-corrected chi connectivity index (χ0v) is 13.1. The van der Waals surface area contributed by atoms with Crippen molar-refractivity contribution in [2.24, 2.45) is 0 Å². The van der Waals surface area contributed by atoms with Crippen molar-refractivity contribution < 1.29 is 14.3 Å². The van der Waals surface area contributed by atoms with Crippen LogP contribution in [0.25, 0.3) is 0 Å². The minimum atomic E-state index is -0.342. The molecule has 4 nitrogen and oxygen atoms in total. The van der Waals surface area contributed by atoms with Gasteiger partial charge in [0, 0.05) is 5.69 Å². The summed E-state index contributed by atoms with van der Waals surface area (Å²) >= 11 is 1.26. The second kappa shape index (κ2) is 7.94. The summed E-state index contributed by atoms with van der Waals surface area (Å²) in [5.41, 5.74) is 1.94. The molecule has 0 spiro atoms. The molecule has 0 aromatic heterocycles. The number of ether oxygens (including phenoxy) is 1. The van der Waals surface area contributed by atoms with Gasteiger partial charge in [-0.2, -0.15) is 0 Å². The predicted molar refractivity (Wildman–Crippen MR) is 83.1 cm³/mol. The third-order valence-electron chi connectivity index (χ3n) is 2.85. The molecule has 110 valence electrons. The lowest BCUT2D eigenvalue weighted by molar-refractivity contribution is -0.139. The Kier molecular flexibility index (Phi) is 6.58. The maximum absolute atomic E-state index is 11.9. The van der Waals surface area contributed by atoms with Gasteiger partial charge in [0.05, 0.1) is 12.9 Å². The summed E-state index contributed by atoms with van der Waals surface area (Å²) in [4.78, 5) is 23.2. The third kappa shape index (κ3) is 4.89. The number of rotatable bonds is 6. The van der Waals surface area contributed by atoms with E-state index in [1.54, 1.807) is 6.92 Å². The monoisotopic (exact) mass is 295 g/mol. The smallest absolute Gasteiger partial charge is 0.318 e. The highest BCUT2D eigenvalue weighted by Crippen LogP contribution is 2.24. The van der Waals surface area contributed by atoms with E-state index >= 15 is 0 Å². The van der Waals surface area contributed by atoms with Gasteiger partial charge in [-0.25, -0.2) is 0 Å². The highest BCUT2D eigenvalue weighted by Gasteiger charge is 2.16. The SMILES string of the molecule is COC(=O)C(C)SCC(=O)Nc1ccccc1C(C)C. The Labute approximate surface area is 124 Å². The topological polar surface area (TPSA) is 55.4 Å². The molecule has 0 fully saturated rings. The maximum Gasteiger partial charge on any atom is 0.318 e. The van der Waals surface area contributed by atoms with Crippen molar-refractivity contribution in [1.29, 1.82) is 0 Å². The first-order chi connectivity index (χ1) is 9.45. The maximum atomic E-state index is 11.9. The molecular weight excluding hydrogens is 274 g/mol. The molecule has 1 amide bonds. The number of para-hydroxylation sites is 1. The Morgan fingerprint density at radius 1 is 1.25 bits per heavy atom. The van der Waals surface area contributed by atoms with Gasteiger partial charge in [-0.1, -0.05) is 32.0 Å². The number of thioether (sulfide) groups is 1. The van der Waals surface area contributed by atoms with Crippen LogP contribution < -0.4 is 5.32 Å². The summed E-state index contributed by atoms with van der Waals surface area (Å²) in [6, 6.07) is 7.75. The lowest BCUT2D eigenvalue weighted by atomic mass is 10.0. The van der Waals surface area contributed by atoms with Gasteiger partial charge in [0.2, 0.25) is 5.91 Å². The Bertz CT molecular complexity index is 474. The minimum absolute atomic E-state index is 0.112. The van der Waals surface area contributed by atoms with Crippen molar-refractivity contribution in [3.05, 3.63) is 29.8 Å². The average Bonchev–Trinajstić information content (AvgIpc) is 2.44. The molecule has 20 heavy (non-hydrogen) atoms. The van der Waals surface area contributed by atoms with Gasteiger partial charge in [-0.3, -0.25) is 9.59 Å². The third-order valence-corrected chi connectivity index (χ3v) is 3.98. The van der Waals surface area contributed by atoms with Crippen molar-refractivity contribution in [3.63, 3.8) is 0 Å². The van der Waals surface area contributed by atoms with E-state index in [4.69, 9.17) is 0 Å². The van der Waals surface area contributed by atoms with Crippen LogP contribution in [0.3, 0.4) is 0 Å². The Morgan fingerprint density at radius 2 is 1.90 bits per heavy atom. The van der Waals surface area contributed by atoms with Gasteiger partial charge in [-0.05, 0) is 24.5 Å². The van der Waals surface area contributed by atoms with Gasteiger partial charge in [0.25, 0.3) is 0 Å². The summed E-state index contributed by atoms with van der Waals surface area (Å²) in [6.07, 6.45) is 0. The first kappa shape index (κ1) is 16.6. The van der Waals surface area contributed by atoms with E-state index in [9.17, 15) is 9.59 Å². The van der Waals surface area contributed by atoms with Gasteiger partial charge in [0.15, 0.2) is 0 Å². The van der Waals surface area contributed by atoms with Crippen molar-refractivity contribution >= 4 is 29.3 Å². The number of methoxy groups -OCH3 is 1. The van der Waals surface area contributed by atoms with E-state index < -0.39 is 0 Å². The Hall–Kier alpha value is -1.49. The molecule has 0 aliphatic heterocycles. The number of nitrogens with one attached hydrogen (secondary N) is 1. The molecule has 0 aliphatic carbocycles. The molecule has 0 heterocycles. The van der Waals surface area contributed by atoms with Crippen LogP contribution in [0.5, 0.6) is 0 Å². The summed E-state index contributed by atoms with van der Waals surface area (Å²) in [7, 11) is 1.35. The molecule has 0 aliphatic rings. The number of hydrogen-bond acceptors (Lipinski definition) is 4. The number of carbonyl (C=O) groups is 2. The molecule has 0 saturated carbocycles. The van der Waals surface area contributed by atoms with E-state index in [2.05, 4.69) is 23.9 Å². The zero-order chi connectivity index (χ0) is 15.1. The largest absolute Gasteiger partial charge is 0.468 e. The quantitative estimate of drug-likeness (QED) is 0.820. The Balaban J connectivity index is 2.57. The molecule has 1 aromatic carbocycles. The van der Waals surface area contributed by atoms with E-state index in [0.29, 0.717) is 5.92 Å². The summed E-state index contributed by atoms with van der Waals surface area (Å²) in [5.74, 6) is 0.139. The lowest BCUT2D eigenvalue weighted by Crippen LogP contribution is -2.21. The molecule has 1 rings (SSSR count). The number of amides is 1. The van der Waals surface area contributed by atoms with Crippen molar-refractivity contribution in [2.75, 3.05) is 18.2 Å². The van der Waals surface area contributed by atoms with Crippen LogP contribution in [0.4, 0.5) is 5.69 Å². The van der Waals surface area contributed by atoms with Crippen molar-refractivity contribution in [3.8, 4) is 0 Å². The molecule has 0 radical (unpaired) electrons. The second-order valence-corrected chi connectivity index (χ2v) is 6.10. The van der Waals surface area contributed by atoms with Gasteiger partial charge >= 0.3 is 5.97 Å². The zero-order valence-electron chi connectivity index (χ0n) is 12.3. The first-order valence-electron chi connectivity index (χ1n) is 6.54. The molecule has 1 unspecified atom stereocenters. The number of hydrogen-bond donors (Lipinski definition) is 1. The first-order valence-corrected chi connectivity index (χ1v) is 7.58. The van der Waals surface area contributed by atoms with Gasteiger partial charge in [0.1, 0.15) is 5.25 Å². The summed E-state index contributed by atoms with van der Waals surface area (Å²) in [6.45, 7) is 5.89. The second-order valence-electron chi connectivity index (χ2n) is 4.77. The van der Waals surface area contributed by atoms with Gasteiger partial charge < -0.3 is 10.1 Å². The molecule has 0 saturated heterocycles. The molecule has 1 N–H and O–H groups in total. The normalized spacial score (nSPS) is 12.1. The highest BCUT2D eigenvalue weighted by molar-refractivity contribution is 8.01. The van der Waals surface area contributed by atoms with Gasteiger partial charge in [-0.15, -0.1) is 11.8 Å². The van der Waals surface area contributed by atoms with Crippen LogP contribution in [-0.4, -0.2) is 30.0 Å². The van der Waals surface area contributed by atoms with Crippen LogP contribution in [0.1, 0.15) is 32.3 Å². The minimum Gasteiger partial charge on any atom is -0.468 e. The standard InChI is InChI=1S/C15H21NO3S/c1-10(2)12-7-5-6-8-13(12)16-14(17)9-20-11(3)15(18)19-4/h5-8,10-11H,9H2,1-4H3,(H,16,17). The number of esters is 1. The average molecular weight is 295 g/mol. The summed E-state index contributed by atoms with van der Waals surface area (Å²) in [5, 5.41) is 2.55. The van der Waals surface area contributed by atoms with Crippen LogP contribution in [-0.2, 0) is 14.3 Å². The fourth-order valence-electron chi connectivity index (χ4n) is 1.74. The van der Waals surface area contributed by atoms with E-state index in [1.165, 1.54) is 18.9 Å². The molecular formula is C15H21NO3S. The fourth-order valence-corrected chi connectivity index (χ4v) is 2.44. The van der Waals surface area contributed by atoms with E-state index in [-0.39, 0.29) is 22.9 Å². The number of carbonyl (C=O) groups excluding carboxylic acids is 2. The summed E-state index contributed by atoms with van der Waals surface area (Å²) < 4.78 is 4.62. The van der Waals surface area contributed by atoms with E-state index in [1.807, 2.05) is 24.3 Å². The number of benzene rings is 1. The van der Waals surface area contributed by atoms with Crippen LogP contribution in [0, 0.1) is 0 Å². The highest BCUT2D eigenvalue weighted by atomic mass is 32.2. The van der Waals surface area contributed by atoms with Crippen LogP contribution >= 0.6 is 11.8 Å². The predicted octanol–water partition coefficient (Wildman–Crippen LogP) is 3.04. The van der Waals surface area contributed by atoms with Crippen molar-refractivity contribution in [2.45, 2.75) is 31.9 Å².